The average Bonchev–Trinajstić information content (AvgIpc) is 2.71. The van der Waals surface area contributed by atoms with Crippen molar-refractivity contribution in [2.75, 3.05) is 20.2 Å². The molecule has 0 fully saturated rings. The Kier molecular flexibility index (Phi) is 7.45. The smallest absolute Gasteiger partial charge is 0.337 e. The molecule has 0 aromatic heterocycles. The Balaban J connectivity index is 1.74. The van der Waals surface area contributed by atoms with Crippen molar-refractivity contribution in [2.24, 2.45) is 0 Å². The van der Waals surface area contributed by atoms with Crippen LogP contribution in [0.5, 0.6) is 0 Å². The van der Waals surface area contributed by atoms with Gasteiger partial charge >= 0.3 is 5.97 Å². The van der Waals surface area contributed by atoms with E-state index in [1.807, 2.05) is 0 Å². The molecule has 2 aromatic rings. The number of nitrogens with one attached hydrogen (secondary N) is 2. The molecule has 0 radical (unpaired) electrons. The molecule has 0 aliphatic rings. The normalized spacial score (nSPS) is 10.5. The number of hydrogen-bond donors (Lipinski definition) is 2. The summed E-state index contributed by atoms with van der Waals surface area (Å²) in [4.78, 5) is 35.1. The van der Waals surface area contributed by atoms with Crippen molar-refractivity contribution in [3.8, 4) is 0 Å². The zero-order chi connectivity index (χ0) is 20.5. The van der Waals surface area contributed by atoms with E-state index in [1.165, 1.54) is 25.3 Å². The number of esters is 1. The van der Waals surface area contributed by atoms with Crippen LogP contribution in [0.4, 0.5) is 4.39 Å². The molecule has 0 spiro atoms. The van der Waals surface area contributed by atoms with Crippen molar-refractivity contribution in [1.82, 2.24) is 10.6 Å². The van der Waals surface area contributed by atoms with Gasteiger partial charge in [0, 0.05) is 24.7 Å². The lowest BCUT2D eigenvalue weighted by Gasteiger charge is -2.06. The standard InChI is InChI=1S/C21H21FN2O4/c1-14-3-7-17(13-18(14)22)20(26)24-12-11-23-19(25)10-6-15-4-8-16(9-5-15)21(27)28-2/h3-10,13H,11-12H2,1-2H3,(H,23,25)(H,24,26)/b10-6+. The molecule has 2 aromatic carbocycles. The Morgan fingerprint density at radius 2 is 1.64 bits per heavy atom. The van der Waals surface area contributed by atoms with Gasteiger partial charge in [-0.05, 0) is 48.4 Å². The number of ether oxygens (including phenoxy) is 1. The van der Waals surface area contributed by atoms with E-state index in [0.717, 1.165) is 5.56 Å². The third-order valence-corrected chi connectivity index (χ3v) is 3.90. The van der Waals surface area contributed by atoms with Gasteiger partial charge in [0.25, 0.3) is 5.91 Å². The summed E-state index contributed by atoms with van der Waals surface area (Å²) in [7, 11) is 1.31. The van der Waals surface area contributed by atoms with E-state index in [-0.39, 0.29) is 24.6 Å². The number of rotatable bonds is 7. The fourth-order valence-corrected chi connectivity index (χ4v) is 2.28. The quantitative estimate of drug-likeness (QED) is 0.436. The molecule has 0 bridgehead atoms. The van der Waals surface area contributed by atoms with E-state index in [0.29, 0.717) is 11.1 Å². The van der Waals surface area contributed by atoms with Gasteiger partial charge in [-0.2, -0.15) is 0 Å². The van der Waals surface area contributed by atoms with Crippen LogP contribution >= 0.6 is 0 Å². The topological polar surface area (TPSA) is 84.5 Å². The van der Waals surface area contributed by atoms with Gasteiger partial charge in [-0.1, -0.05) is 18.2 Å². The van der Waals surface area contributed by atoms with Crippen molar-refractivity contribution in [2.45, 2.75) is 6.92 Å². The molecular weight excluding hydrogens is 363 g/mol. The molecule has 0 saturated heterocycles. The first-order valence-electron chi connectivity index (χ1n) is 8.59. The van der Waals surface area contributed by atoms with E-state index in [9.17, 15) is 18.8 Å². The second kappa shape index (κ2) is 10.0. The van der Waals surface area contributed by atoms with Crippen LogP contribution in [0.15, 0.2) is 48.5 Å². The monoisotopic (exact) mass is 384 g/mol. The van der Waals surface area contributed by atoms with E-state index < -0.39 is 17.7 Å². The van der Waals surface area contributed by atoms with Gasteiger partial charge in [-0.15, -0.1) is 0 Å². The van der Waals surface area contributed by atoms with Crippen LogP contribution < -0.4 is 10.6 Å². The zero-order valence-corrected chi connectivity index (χ0v) is 15.6. The van der Waals surface area contributed by atoms with Gasteiger partial charge in [0.1, 0.15) is 5.82 Å². The summed E-state index contributed by atoms with van der Waals surface area (Å²) in [5.41, 5.74) is 1.87. The molecule has 2 rings (SSSR count). The minimum atomic E-state index is -0.439. The van der Waals surface area contributed by atoms with E-state index >= 15 is 0 Å². The maximum atomic E-state index is 13.5. The van der Waals surface area contributed by atoms with E-state index in [1.54, 1.807) is 43.3 Å². The summed E-state index contributed by atoms with van der Waals surface area (Å²) < 4.78 is 18.1. The summed E-state index contributed by atoms with van der Waals surface area (Å²) in [6.07, 6.45) is 2.95. The van der Waals surface area contributed by atoms with E-state index in [4.69, 9.17) is 0 Å². The first-order chi connectivity index (χ1) is 13.4. The second-order valence-corrected chi connectivity index (χ2v) is 5.96. The van der Waals surface area contributed by atoms with Crippen LogP contribution in [0, 0.1) is 12.7 Å². The van der Waals surface area contributed by atoms with Crippen molar-refractivity contribution in [1.29, 1.82) is 0 Å². The first-order valence-corrected chi connectivity index (χ1v) is 8.59. The Hall–Kier alpha value is -3.48. The van der Waals surface area contributed by atoms with Gasteiger partial charge in [0.15, 0.2) is 0 Å². The molecule has 0 aliphatic heterocycles. The van der Waals surface area contributed by atoms with Crippen LogP contribution in [-0.2, 0) is 9.53 Å². The second-order valence-electron chi connectivity index (χ2n) is 5.96. The van der Waals surface area contributed by atoms with Crippen LogP contribution in [-0.4, -0.2) is 38.0 Å². The van der Waals surface area contributed by atoms with Gasteiger partial charge in [0.2, 0.25) is 5.91 Å². The highest BCUT2D eigenvalue weighted by atomic mass is 19.1. The Morgan fingerprint density at radius 1 is 1.00 bits per heavy atom. The molecule has 0 heterocycles. The summed E-state index contributed by atoms with van der Waals surface area (Å²) in [6.45, 7) is 2.06. The summed E-state index contributed by atoms with van der Waals surface area (Å²) in [6, 6.07) is 10.8. The highest BCUT2D eigenvalue weighted by Gasteiger charge is 2.07. The number of methoxy groups -OCH3 is 1. The maximum Gasteiger partial charge on any atom is 0.337 e. The first kappa shape index (κ1) is 20.8. The van der Waals surface area contributed by atoms with Crippen LogP contribution in [0.3, 0.4) is 0 Å². The molecule has 0 atom stereocenters. The minimum Gasteiger partial charge on any atom is -0.465 e. The van der Waals surface area contributed by atoms with Gasteiger partial charge < -0.3 is 15.4 Å². The third kappa shape index (κ3) is 6.05. The fraction of sp³-hybridized carbons (Fsp3) is 0.190. The minimum absolute atomic E-state index is 0.210. The average molecular weight is 384 g/mol. The maximum absolute atomic E-state index is 13.5. The predicted molar refractivity (Wildman–Crippen MR) is 103 cm³/mol. The number of amides is 2. The lowest BCUT2D eigenvalue weighted by atomic mass is 10.1. The van der Waals surface area contributed by atoms with Crippen molar-refractivity contribution >= 4 is 23.9 Å². The summed E-state index contributed by atoms with van der Waals surface area (Å²) in [5, 5.41) is 5.24. The molecule has 0 aliphatic carbocycles. The number of halogens is 1. The van der Waals surface area contributed by atoms with Gasteiger partial charge in [-0.3, -0.25) is 9.59 Å². The lowest BCUT2D eigenvalue weighted by Crippen LogP contribution is -2.34. The zero-order valence-electron chi connectivity index (χ0n) is 15.6. The lowest BCUT2D eigenvalue weighted by molar-refractivity contribution is -0.116. The highest BCUT2D eigenvalue weighted by Crippen LogP contribution is 2.09. The van der Waals surface area contributed by atoms with Crippen LogP contribution in [0.25, 0.3) is 6.08 Å². The molecule has 6 nitrogen and oxygen atoms in total. The molecule has 7 heteroatoms. The molecule has 0 unspecified atom stereocenters. The molecule has 146 valence electrons. The molecular formula is C21H21FN2O4. The molecule has 28 heavy (non-hydrogen) atoms. The van der Waals surface area contributed by atoms with Gasteiger partial charge in [0.05, 0.1) is 12.7 Å². The molecule has 2 amide bonds. The fourth-order valence-electron chi connectivity index (χ4n) is 2.28. The molecule has 2 N–H and O–H groups in total. The SMILES string of the molecule is COC(=O)c1ccc(/C=C/C(=O)NCCNC(=O)c2ccc(C)c(F)c2)cc1. The highest BCUT2D eigenvalue weighted by molar-refractivity contribution is 5.94. The number of carbonyl (C=O) groups is 3. The van der Waals surface area contributed by atoms with Gasteiger partial charge in [-0.25, -0.2) is 9.18 Å². The predicted octanol–water partition coefficient (Wildman–Crippen LogP) is 2.48. The Bertz CT molecular complexity index is 892. The third-order valence-electron chi connectivity index (χ3n) is 3.90. The number of benzene rings is 2. The number of aryl methyl sites for hydroxylation is 1. The Labute approximate surface area is 162 Å². The number of carbonyl (C=O) groups excluding carboxylic acids is 3. The van der Waals surface area contributed by atoms with Crippen molar-refractivity contribution < 1.29 is 23.5 Å². The van der Waals surface area contributed by atoms with Crippen molar-refractivity contribution in [3.05, 3.63) is 76.6 Å². The summed E-state index contributed by atoms with van der Waals surface area (Å²) >= 11 is 0. The van der Waals surface area contributed by atoms with E-state index in [2.05, 4.69) is 15.4 Å². The summed E-state index contributed by atoms with van der Waals surface area (Å²) in [5.74, 6) is -1.60. The Morgan fingerprint density at radius 3 is 2.29 bits per heavy atom. The van der Waals surface area contributed by atoms with Crippen LogP contribution in [0.1, 0.15) is 31.8 Å². The molecule has 0 saturated carbocycles. The van der Waals surface area contributed by atoms with Crippen molar-refractivity contribution in [3.63, 3.8) is 0 Å². The largest absolute Gasteiger partial charge is 0.465 e. The van der Waals surface area contributed by atoms with Crippen LogP contribution in [0.2, 0.25) is 0 Å². The number of hydrogen-bond acceptors (Lipinski definition) is 4.